The lowest BCUT2D eigenvalue weighted by atomic mass is 10.3. The summed E-state index contributed by atoms with van der Waals surface area (Å²) >= 11 is 0. The van der Waals surface area contributed by atoms with E-state index in [-0.39, 0.29) is 0 Å². The van der Waals surface area contributed by atoms with Gasteiger partial charge in [-0.25, -0.2) is 13.6 Å². The molecular weight excluding hydrogens is 208 g/mol. The molecule has 0 saturated carbocycles. The van der Waals surface area contributed by atoms with Gasteiger partial charge in [0.05, 0.1) is 26.3 Å². The van der Waals surface area contributed by atoms with Gasteiger partial charge in [0.1, 0.15) is 0 Å². The Morgan fingerprint density at radius 2 is 2.07 bits per heavy atom. The predicted molar refractivity (Wildman–Crippen MR) is 49.8 cm³/mol. The number of hydrogen-bond donors (Lipinski definition) is 2. The van der Waals surface area contributed by atoms with E-state index in [1.54, 1.807) is 0 Å². The molecule has 0 aromatic heterocycles. The van der Waals surface area contributed by atoms with Gasteiger partial charge in [0.25, 0.3) is 5.92 Å². The van der Waals surface area contributed by atoms with E-state index in [4.69, 9.17) is 10.5 Å². The normalized spacial score (nSPS) is 17.7. The number of rotatable bonds is 3. The topological polar surface area (TPSA) is 67.6 Å². The molecule has 1 aliphatic heterocycles. The molecule has 1 fully saturated rings. The van der Waals surface area contributed by atoms with Crippen LogP contribution < -0.4 is 11.1 Å². The smallest absolute Gasteiger partial charge is 0.317 e. The van der Waals surface area contributed by atoms with E-state index < -0.39 is 25.0 Å². The lowest BCUT2D eigenvalue weighted by Gasteiger charge is -2.27. The van der Waals surface area contributed by atoms with Crippen molar-refractivity contribution in [3.63, 3.8) is 0 Å². The Balaban J connectivity index is 2.28. The molecule has 5 nitrogen and oxygen atoms in total. The second-order valence-corrected chi connectivity index (χ2v) is 3.32. The second kappa shape index (κ2) is 5.22. The third-order valence-electron chi connectivity index (χ3n) is 2.10. The van der Waals surface area contributed by atoms with Gasteiger partial charge in [0.15, 0.2) is 0 Å². The summed E-state index contributed by atoms with van der Waals surface area (Å²) < 4.78 is 30.4. The third kappa shape index (κ3) is 3.96. The Bertz CT molecular complexity index is 220. The monoisotopic (exact) mass is 223 g/mol. The molecule has 88 valence electrons. The zero-order valence-electron chi connectivity index (χ0n) is 8.34. The summed E-state index contributed by atoms with van der Waals surface area (Å²) in [7, 11) is 0. The van der Waals surface area contributed by atoms with Crippen molar-refractivity contribution < 1.29 is 18.3 Å². The van der Waals surface area contributed by atoms with E-state index in [0.29, 0.717) is 26.3 Å². The third-order valence-corrected chi connectivity index (χ3v) is 2.10. The molecule has 15 heavy (non-hydrogen) atoms. The summed E-state index contributed by atoms with van der Waals surface area (Å²) in [4.78, 5) is 12.8. The predicted octanol–water partition coefficient (Wildman–Crippen LogP) is -0.378. The van der Waals surface area contributed by atoms with Gasteiger partial charge >= 0.3 is 6.03 Å². The van der Waals surface area contributed by atoms with Crippen molar-refractivity contribution >= 4 is 6.03 Å². The van der Waals surface area contributed by atoms with Crippen molar-refractivity contribution in [2.45, 2.75) is 5.92 Å². The Morgan fingerprint density at radius 1 is 1.47 bits per heavy atom. The fourth-order valence-corrected chi connectivity index (χ4v) is 1.16. The Labute approximate surface area is 86.5 Å². The molecule has 1 aliphatic rings. The van der Waals surface area contributed by atoms with Gasteiger partial charge in [-0.1, -0.05) is 0 Å². The number of carbonyl (C=O) groups excluding carboxylic acids is 1. The molecule has 0 aromatic rings. The Hall–Kier alpha value is -0.950. The zero-order valence-corrected chi connectivity index (χ0v) is 8.34. The Kier molecular flexibility index (Phi) is 4.22. The van der Waals surface area contributed by atoms with Crippen molar-refractivity contribution in [2.24, 2.45) is 5.73 Å². The Morgan fingerprint density at radius 3 is 2.60 bits per heavy atom. The van der Waals surface area contributed by atoms with Crippen LogP contribution in [-0.2, 0) is 4.74 Å². The lowest BCUT2D eigenvalue weighted by Crippen LogP contribution is -2.50. The van der Waals surface area contributed by atoms with Crippen molar-refractivity contribution in [1.82, 2.24) is 10.2 Å². The molecule has 1 saturated heterocycles. The fraction of sp³-hybridized carbons (Fsp3) is 0.875. The van der Waals surface area contributed by atoms with Crippen LogP contribution in [0.3, 0.4) is 0 Å². The maximum absolute atomic E-state index is 12.7. The average molecular weight is 223 g/mol. The number of carbonyl (C=O) groups is 1. The van der Waals surface area contributed by atoms with Crippen LogP contribution in [0, 0.1) is 0 Å². The maximum atomic E-state index is 12.7. The largest absolute Gasteiger partial charge is 0.378 e. The quantitative estimate of drug-likeness (QED) is 0.685. The van der Waals surface area contributed by atoms with Gasteiger partial charge in [0.2, 0.25) is 0 Å². The summed E-state index contributed by atoms with van der Waals surface area (Å²) in [6.45, 7) is 0.261. The van der Waals surface area contributed by atoms with Gasteiger partial charge in [0, 0.05) is 13.1 Å². The second-order valence-electron chi connectivity index (χ2n) is 3.32. The van der Waals surface area contributed by atoms with Gasteiger partial charge < -0.3 is 20.7 Å². The number of alkyl halides is 2. The average Bonchev–Trinajstić information content (AvgIpc) is 2.27. The van der Waals surface area contributed by atoms with Gasteiger partial charge in [-0.3, -0.25) is 0 Å². The first-order valence-electron chi connectivity index (χ1n) is 4.73. The highest BCUT2D eigenvalue weighted by atomic mass is 19.3. The number of nitrogens with two attached hydrogens (primary N) is 1. The lowest BCUT2D eigenvalue weighted by molar-refractivity contribution is 0.0104. The maximum Gasteiger partial charge on any atom is 0.317 e. The van der Waals surface area contributed by atoms with E-state index in [2.05, 4.69) is 5.32 Å². The molecule has 3 N–H and O–H groups in total. The van der Waals surface area contributed by atoms with Crippen LogP contribution in [0.15, 0.2) is 0 Å². The zero-order chi connectivity index (χ0) is 11.3. The van der Waals surface area contributed by atoms with E-state index in [1.165, 1.54) is 4.90 Å². The van der Waals surface area contributed by atoms with Crippen molar-refractivity contribution in [3.8, 4) is 0 Å². The minimum absolute atomic E-state index is 0.431. The van der Waals surface area contributed by atoms with Crippen LogP contribution in [0.5, 0.6) is 0 Å². The molecular formula is C8H15F2N3O2. The number of morpholine rings is 1. The van der Waals surface area contributed by atoms with Gasteiger partial charge in [-0.15, -0.1) is 0 Å². The van der Waals surface area contributed by atoms with Crippen molar-refractivity contribution in [2.75, 3.05) is 39.4 Å². The highest BCUT2D eigenvalue weighted by Gasteiger charge is 2.28. The minimum atomic E-state index is -3.04. The SMILES string of the molecule is NCC(F)(F)CNC(=O)N1CCOCC1. The summed E-state index contributed by atoms with van der Waals surface area (Å²) in [6, 6.07) is -0.494. The molecule has 1 rings (SSSR count). The molecule has 1 heterocycles. The number of nitrogens with zero attached hydrogens (tertiary/aromatic N) is 1. The van der Waals surface area contributed by atoms with Crippen LogP contribution in [0.25, 0.3) is 0 Å². The molecule has 0 aliphatic carbocycles. The fourth-order valence-electron chi connectivity index (χ4n) is 1.16. The van der Waals surface area contributed by atoms with Gasteiger partial charge in [-0.2, -0.15) is 0 Å². The number of amides is 2. The molecule has 0 unspecified atom stereocenters. The van der Waals surface area contributed by atoms with E-state index in [1.807, 2.05) is 0 Å². The molecule has 0 bridgehead atoms. The van der Waals surface area contributed by atoms with Gasteiger partial charge in [-0.05, 0) is 0 Å². The number of nitrogens with one attached hydrogen (secondary N) is 1. The van der Waals surface area contributed by atoms with E-state index in [0.717, 1.165) is 0 Å². The molecule has 0 atom stereocenters. The summed E-state index contributed by atoms with van der Waals surface area (Å²) in [5, 5.41) is 2.14. The summed E-state index contributed by atoms with van der Waals surface area (Å²) in [5.74, 6) is -3.04. The summed E-state index contributed by atoms with van der Waals surface area (Å²) in [6.07, 6.45) is 0. The molecule has 2 amide bonds. The van der Waals surface area contributed by atoms with Crippen LogP contribution in [0.2, 0.25) is 0 Å². The molecule has 7 heteroatoms. The number of urea groups is 1. The highest BCUT2D eigenvalue weighted by molar-refractivity contribution is 5.74. The molecule has 0 radical (unpaired) electrons. The first-order chi connectivity index (χ1) is 7.05. The number of ether oxygens (including phenoxy) is 1. The molecule has 0 spiro atoms. The van der Waals surface area contributed by atoms with Crippen LogP contribution in [0.4, 0.5) is 13.6 Å². The first-order valence-corrected chi connectivity index (χ1v) is 4.73. The molecule has 0 aromatic carbocycles. The number of halogens is 2. The minimum Gasteiger partial charge on any atom is -0.378 e. The standard InChI is InChI=1S/C8H15F2N3O2/c9-8(10,5-11)6-12-7(14)13-1-3-15-4-2-13/h1-6,11H2,(H,12,14). The van der Waals surface area contributed by atoms with E-state index >= 15 is 0 Å². The van der Waals surface area contributed by atoms with Crippen LogP contribution in [0.1, 0.15) is 0 Å². The highest BCUT2D eigenvalue weighted by Crippen LogP contribution is 2.09. The first kappa shape index (κ1) is 12.1. The van der Waals surface area contributed by atoms with E-state index in [9.17, 15) is 13.6 Å². The van der Waals surface area contributed by atoms with Crippen molar-refractivity contribution in [1.29, 1.82) is 0 Å². The summed E-state index contributed by atoms with van der Waals surface area (Å²) in [5.41, 5.74) is 4.84. The van der Waals surface area contributed by atoms with Crippen molar-refractivity contribution in [3.05, 3.63) is 0 Å². The van der Waals surface area contributed by atoms with Crippen LogP contribution in [-0.4, -0.2) is 56.2 Å². The number of hydrogen-bond acceptors (Lipinski definition) is 3. The van der Waals surface area contributed by atoms with Crippen LogP contribution >= 0.6 is 0 Å².